The second kappa shape index (κ2) is 4.46. The Morgan fingerprint density at radius 3 is 3.12 bits per heavy atom. The highest BCUT2D eigenvalue weighted by atomic mass is 32.2. The molecule has 1 fully saturated rings. The van der Waals surface area contributed by atoms with Crippen LogP contribution in [0.25, 0.3) is 0 Å². The first-order chi connectivity index (χ1) is 8.27. The van der Waals surface area contributed by atoms with Gasteiger partial charge in [0.25, 0.3) is 0 Å². The van der Waals surface area contributed by atoms with Crippen molar-refractivity contribution in [1.82, 2.24) is 15.3 Å². The van der Waals surface area contributed by atoms with Gasteiger partial charge in [0.2, 0.25) is 0 Å². The van der Waals surface area contributed by atoms with Gasteiger partial charge in [-0.25, -0.2) is 9.97 Å². The number of rotatable bonds is 1. The Kier molecular flexibility index (Phi) is 2.96. The summed E-state index contributed by atoms with van der Waals surface area (Å²) >= 11 is 1.96. The van der Waals surface area contributed by atoms with Gasteiger partial charge in [0.15, 0.2) is 0 Å². The van der Waals surface area contributed by atoms with Crippen molar-refractivity contribution in [3.8, 4) is 0 Å². The average molecular weight is 250 g/mol. The molecule has 0 radical (unpaired) electrons. The minimum Gasteiger partial charge on any atom is -0.351 e. The number of aromatic nitrogens is 2. The molecule has 1 saturated heterocycles. The van der Waals surface area contributed by atoms with Gasteiger partial charge in [0.05, 0.1) is 5.69 Å². The summed E-state index contributed by atoms with van der Waals surface area (Å²) in [7, 11) is 0. The van der Waals surface area contributed by atoms with E-state index in [9.17, 15) is 0 Å². The van der Waals surface area contributed by atoms with Crippen molar-refractivity contribution in [1.29, 1.82) is 0 Å². The van der Waals surface area contributed by atoms with Gasteiger partial charge in [-0.3, -0.25) is 0 Å². The van der Waals surface area contributed by atoms with Crippen LogP contribution in [-0.4, -0.2) is 35.6 Å². The maximum atomic E-state index is 4.55. The fraction of sp³-hybridized carbons (Fsp3) is 0.667. The van der Waals surface area contributed by atoms with Crippen LogP contribution >= 0.6 is 11.8 Å². The van der Waals surface area contributed by atoms with Gasteiger partial charge < -0.3 is 10.2 Å². The molecule has 0 aliphatic carbocycles. The standard InChI is InChI=1S/C12H18N4S/c1-8-5-13-3-4-16(8)12-11-9(2)17-6-10(11)14-7-15-12/h7-9,13H,3-6H2,1-2H3. The first-order valence-electron chi connectivity index (χ1n) is 6.20. The topological polar surface area (TPSA) is 41.1 Å². The van der Waals surface area contributed by atoms with Crippen LogP contribution in [0.5, 0.6) is 0 Å². The maximum absolute atomic E-state index is 4.55. The Balaban J connectivity index is 2.00. The molecule has 17 heavy (non-hydrogen) atoms. The van der Waals surface area contributed by atoms with Crippen molar-refractivity contribution in [3.05, 3.63) is 17.6 Å². The van der Waals surface area contributed by atoms with E-state index in [0.717, 1.165) is 25.4 Å². The first-order valence-corrected chi connectivity index (χ1v) is 7.25. The Labute approximate surface area is 106 Å². The number of piperazine rings is 1. The molecule has 0 aromatic carbocycles. The van der Waals surface area contributed by atoms with Gasteiger partial charge in [0.1, 0.15) is 12.1 Å². The smallest absolute Gasteiger partial charge is 0.136 e. The van der Waals surface area contributed by atoms with Crippen molar-refractivity contribution in [3.63, 3.8) is 0 Å². The minimum absolute atomic E-state index is 0.514. The van der Waals surface area contributed by atoms with Crippen LogP contribution in [0.1, 0.15) is 30.4 Å². The van der Waals surface area contributed by atoms with Crippen molar-refractivity contribution in [2.75, 3.05) is 24.5 Å². The Hall–Kier alpha value is -0.810. The quantitative estimate of drug-likeness (QED) is 0.819. The number of hydrogen-bond acceptors (Lipinski definition) is 5. The van der Waals surface area contributed by atoms with E-state index in [1.165, 1.54) is 17.1 Å². The lowest BCUT2D eigenvalue weighted by Gasteiger charge is -2.36. The number of thioether (sulfide) groups is 1. The van der Waals surface area contributed by atoms with Gasteiger partial charge in [0, 0.05) is 42.2 Å². The highest BCUT2D eigenvalue weighted by Crippen LogP contribution is 2.44. The van der Waals surface area contributed by atoms with Crippen LogP contribution in [-0.2, 0) is 5.75 Å². The second-order valence-electron chi connectivity index (χ2n) is 4.76. The molecule has 4 nitrogen and oxygen atoms in total. The Morgan fingerprint density at radius 2 is 2.29 bits per heavy atom. The van der Waals surface area contributed by atoms with Crippen molar-refractivity contribution < 1.29 is 0 Å². The van der Waals surface area contributed by atoms with E-state index in [2.05, 4.69) is 34.0 Å². The molecule has 0 amide bonds. The predicted molar refractivity (Wildman–Crippen MR) is 71.4 cm³/mol. The highest BCUT2D eigenvalue weighted by molar-refractivity contribution is 7.99. The third kappa shape index (κ3) is 1.91. The van der Waals surface area contributed by atoms with Crippen LogP contribution in [0.4, 0.5) is 5.82 Å². The molecular formula is C12H18N4S. The molecule has 5 heteroatoms. The molecule has 0 bridgehead atoms. The largest absolute Gasteiger partial charge is 0.351 e. The van der Waals surface area contributed by atoms with Gasteiger partial charge in [-0.1, -0.05) is 0 Å². The summed E-state index contributed by atoms with van der Waals surface area (Å²) in [5, 5.41) is 3.95. The summed E-state index contributed by atoms with van der Waals surface area (Å²) in [6.07, 6.45) is 1.72. The zero-order valence-electron chi connectivity index (χ0n) is 10.3. The summed E-state index contributed by atoms with van der Waals surface area (Å²) in [5.41, 5.74) is 2.60. The molecule has 2 unspecified atom stereocenters. The maximum Gasteiger partial charge on any atom is 0.136 e. The van der Waals surface area contributed by atoms with E-state index < -0.39 is 0 Å². The lowest BCUT2D eigenvalue weighted by Crippen LogP contribution is -2.50. The fourth-order valence-corrected chi connectivity index (χ4v) is 3.67. The first kappa shape index (κ1) is 11.3. The summed E-state index contributed by atoms with van der Waals surface area (Å²) in [5.74, 6) is 2.20. The second-order valence-corrected chi connectivity index (χ2v) is 6.09. The van der Waals surface area contributed by atoms with Crippen molar-refractivity contribution >= 4 is 17.6 Å². The molecule has 2 atom stereocenters. The monoisotopic (exact) mass is 250 g/mol. The van der Waals surface area contributed by atoms with Crippen molar-refractivity contribution in [2.24, 2.45) is 0 Å². The molecule has 3 rings (SSSR count). The van der Waals surface area contributed by atoms with Crippen molar-refractivity contribution in [2.45, 2.75) is 30.9 Å². The van der Waals surface area contributed by atoms with Crippen LogP contribution in [0.2, 0.25) is 0 Å². The Morgan fingerprint density at radius 1 is 1.41 bits per heavy atom. The van der Waals surface area contributed by atoms with Crippen LogP contribution < -0.4 is 10.2 Å². The molecule has 1 aromatic heterocycles. The number of nitrogens with zero attached hydrogens (tertiary/aromatic N) is 3. The van der Waals surface area contributed by atoms with Crippen LogP contribution in [0, 0.1) is 0 Å². The third-order valence-electron chi connectivity index (χ3n) is 3.60. The number of fused-ring (bicyclic) bond motifs is 1. The van der Waals surface area contributed by atoms with E-state index in [0.29, 0.717) is 11.3 Å². The minimum atomic E-state index is 0.514. The highest BCUT2D eigenvalue weighted by Gasteiger charge is 2.29. The van der Waals surface area contributed by atoms with E-state index in [-0.39, 0.29) is 0 Å². The predicted octanol–water partition coefficient (Wildman–Crippen LogP) is 1.58. The Bertz CT molecular complexity index is 423. The lowest BCUT2D eigenvalue weighted by molar-refractivity contribution is 0.495. The summed E-state index contributed by atoms with van der Waals surface area (Å²) in [6.45, 7) is 7.65. The zero-order valence-corrected chi connectivity index (χ0v) is 11.1. The van der Waals surface area contributed by atoms with Gasteiger partial charge >= 0.3 is 0 Å². The normalized spacial score (nSPS) is 28.2. The lowest BCUT2D eigenvalue weighted by atomic mass is 10.1. The third-order valence-corrected chi connectivity index (χ3v) is 4.77. The summed E-state index contributed by atoms with van der Waals surface area (Å²) < 4.78 is 0. The average Bonchev–Trinajstić information content (AvgIpc) is 2.72. The van der Waals surface area contributed by atoms with E-state index in [1.807, 2.05) is 11.8 Å². The zero-order chi connectivity index (χ0) is 11.8. The van der Waals surface area contributed by atoms with Gasteiger partial charge in [-0.15, -0.1) is 11.8 Å². The van der Waals surface area contributed by atoms with Crippen LogP contribution in [0.15, 0.2) is 6.33 Å². The molecule has 2 aliphatic heterocycles. The SMILES string of the molecule is CC1SCc2ncnc(N3CCNCC3C)c21. The molecule has 1 N–H and O–H groups in total. The molecule has 2 aliphatic rings. The van der Waals surface area contributed by atoms with E-state index in [1.54, 1.807) is 6.33 Å². The summed E-state index contributed by atoms with van der Waals surface area (Å²) in [6, 6.07) is 0.514. The van der Waals surface area contributed by atoms with Gasteiger partial charge in [-0.05, 0) is 13.8 Å². The van der Waals surface area contributed by atoms with E-state index >= 15 is 0 Å². The molecule has 1 aromatic rings. The van der Waals surface area contributed by atoms with Crippen LogP contribution in [0.3, 0.4) is 0 Å². The molecular weight excluding hydrogens is 232 g/mol. The van der Waals surface area contributed by atoms with E-state index in [4.69, 9.17) is 0 Å². The molecule has 3 heterocycles. The number of nitrogens with one attached hydrogen (secondary N) is 1. The molecule has 0 saturated carbocycles. The molecule has 0 spiro atoms. The summed E-state index contributed by atoms with van der Waals surface area (Å²) in [4.78, 5) is 11.4. The number of anilines is 1. The number of hydrogen-bond donors (Lipinski definition) is 1. The van der Waals surface area contributed by atoms with Gasteiger partial charge in [-0.2, -0.15) is 0 Å². The fourth-order valence-electron chi connectivity index (χ4n) is 2.62. The molecule has 92 valence electrons.